The molecule has 0 aliphatic carbocycles. The van der Waals surface area contributed by atoms with Crippen LogP contribution in [0.3, 0.4) is 0 Å². The number of benzene rings is 1. The molecule has 0 radical (unpaired) electrons. The number of rotatable bonds is 3. The highest BCUT2D eigenvalue weighted by Gasteiger charge is 2.38. The number of carbonyl (C=O) groups excluding carboxylic acids is 3. The molecule has 4 amide bonds. The maximum Gasteiger partial charge on any atom is 0.324 e. The minimum atomic E-state index is -0.377. The van der Waals surface area contributed by atoms with Crippen LogP contribution in [0.15, 0.2) is 24.3 Å². The summed E-state index contributed by atoms with van der Waals surface area (Å²) in [5, 5.41) is 5.95. The smallest absolute Gasteiger partial charge is 0.324 e. The van der Waals surface area contributed by atoms with Crippen molar-refractivity contribution in [2.45, 2.75) is 25.8 Å². The predicted octanol–water partition coefficient (Wildman–Crippen LogP) is 0.954. The van der Waals surface area contributed by atoms with E-state index in [0.717, 1.165) is 44.6 Å². The first kappa shape index (κ1) is 17.0. The molecule has 4 rings (SSSR count). The summed E-state index contributed by atoms with van der Waals surface area (Å²) in [4.78, 5) is 39.4. The lowest BCUT2D eigenvalue weighted by atomic mass is 9.78. The molecule has 0 unspecified atom stereocenters. The van der Waals surface area contributed by atoms with Gasteiger partial charge in [0.05, 0.1) is 13.1 Å². The zero-order valence-electron chi connectivity index (χ0n) is 14.8. The average molecular weight is 356 g/mol. The summed E-state index contributed by atoms with van der Waals surface area (Å²) in [7, 11) is 0. The van der Waals surface area contributed by atoms with Crippen LogP contribution in [0, 0.1) is 5.41 Å². The molecule has 0 saturated carbocycles. The van der Waals surface area contributed by atoms with Crippen LogP contribution in [-0.4, -0.2) is 60.4 Å². The van der Waals surface area contributed by atoms with Crippen LogP contribution in [0.2, 0.25) is 0 Å². The Morgan fingerprint density at radius 2 is 1.96 bits per heavy atom. The molecule has 3 aliphatic heterocycles. The zero-order chi connectivity index (χ0) is 18.1. The Morgan fingerprint density at radius 1 is 1.15 bits per heavy atom. The lowest BCUT2D eigenvalue weighted by Gasteiger charge is -2.39. The van der Waals surface area contributed by atoms with Crippen molar-refractivity contribution in [1.29, 1.82) is 0 Å². The first-order chi connectivity index (χ1) is 12.6. The molecular weight excluding hydrogens is 332 g/mol. The van der Waals surface area contributed by atoms with Crippen molar-refractivity contribution in [2.75, 3.05) is 32.7 Å². The minimum absolute atomic E-state index is 0.0323. The molecular formula is C19H24N4O3. The second kappa shape index (κ2) is 6.72. The first-order valence-electron chi connectivity index (χ1n) is 9.24. The molecule has 0 bridgehead atoms. The summed E-state index contributed by atoms with van der Waals surface area (Å²) >= 11 is 0. The number of carbonyl (C=O) groups is 3. The van der Waals surface area contributed by atoms with E-state index >= 15 is 0 Å². The molecule has 3 aliphatic rings. The van der Waals surface area contributed by atoms with Crippen LogP contribution >= 0.6 is 0 Å². The lowest BCUT2D eigenvalue weighted by Crippen LogP contribution is -2.44. The Balaban J connectivity index is 1.42. The van der Waals surface area contributed by atoms with Crippen molar-refractivity contribution >= 4 is 17.8 Å². The number of hydrogen-bond donors (Lipinski definition) is 2. The number of nitrogens with zero attached hydrogens (tertiary/aromatic N) is 2. The summed E-state index contributed by atoms with van der Waals surface area (Å²) in [6.45, 7) is 3.97. The van der Waals surface area contributed by atoms with E-state index in [1.807, 2.05) is 17.0 Å². The maximum absolute atomic E-state index is 12.9. The molecule has 3 heterocycles. The molecule has 1 aromatic carbocycles. The molecule has 0 aromatic heterocycles. The lowest BCUT2D eigenvalue weighted by molar-refractivity contribution is -0.125. The fourth-order valence-corrected chi connectivity index (χ4v) is 4.19. The molecule has 3 saturated heterocycles. The van der Waals surface area contributed by atoms with Crippen LogP contribution < -0.4 is 10.6 Å². The van der Waals surface area contributed by atoms with Gasteiger partial charge in [-0.2, -0.15) is 0 Å². The maximum atomic E-state index is 12.9. The number of hydrogen-bond acceptors (Lipinski definition) is 4. The first-order valence-corrected chi connectivity index (χ1v) is 9.24. The van der Waals surface area contributed by atoms with Crippen LogP contribution in [-0.2, 0) is 11.3 Å². The van der Waals surface area contributed by atoms with Gasteiger partial charge in [0.25, 0.3) is 5.91 Å². The molecule has 26 heavy (non-hydrogen) atoms. The number of likely N-dealkylation sites (tertiary alicyclic amines) is 1. The Hall–Kier alpha value is -2.41. The summed E-state index contributed by atoms with van der Waals surface area (Å²) in [6, 6.07) is 6.87. The summed E-state index contributed by atoms with van der Waals surface area (Å²) in [5.74, 6) is -0.205. The normalized spacial score (nSPS) is 22.2. The van der Waals surface area contributed by atoms with Gasteiger partial charge < -0.3 is 15.5 Å². The number of amides is 4. The largest absolute Gasteiger partial charge is 0.339 e. The van der Waals surface area contributed by atoms with Gasteiger partial charge in [-0.25, -0.2) is 4.79 Å². The van der Waals surface area contributed by atoms with Gasteiger partial charge in [-0.3, -0.25) is 14.5 Å². The summed E-state index contributed by atoms with van der Waals surface area (Å²) in [5.41, 5.74) is 1.78. The van der Waals surface area contributed by atoms with E-state index in [0.29, 0.717) is 11.0 Å². The van der Waals surface area contributed by atoms with E-state index in [9.17, 15) is 14.4 Å². The predicted molar refractivity (Wildman–Crippen MR) is 95.4 cm³/mol. The van der Waals surface area contributed by atoms with Crippen molar-refractivity contribution in [3.05, 3.63) is 35.4 Å². The highest BCUT2D eigenvalue weighted by atomic mass is 16.2. The van der Waals surface area contributed by atoms with Crippen LogP contribution in [0.1, 0.15) is 35.2 Å². The highest BCUT2D eigenvalue weighted by Crippen LogP contribution is 2.37. The Labute approximate surface area is 152 Å². The van der Waals surface area contributed by atoms with Crippen molar-refractivity contribution in [3.63, 3.8) is 0 Å². The molecule has 138 valence electrons. The van der Waals surface area contributed by atoms with Gasteiger partial charge in [0.2, 0.25) is 5.91 Å². The minimum Gasteiger partial charge on any atom is -0.339 e. The number of piperidine rings is 1. The SMILES string of the molecule is O=C(c1cccc(CN2C(=O)CNC2=O)c1)N1CCC2(CCNC2)CC1. The fourth-order valence-electron chi connectivity index (χ4n) is 4.19. The molecule has 2 N–H and O–H groups in total. The topological polar surface area (TPSA) is 81.8 Å². The van der Waals surface area contributed by atoms with Crippen molar-refractivity contribution in [2.24, 2.45) is 5.41 Å². The summed E-state index contributed by atoms with van der Waals surface area (Å²) < 4.78 is 0. The third-order valence-electron chi connectivity index (χ3n) is 5.90. The van der Waals surface area contributed by atoms with Crippen LogP contribution in [0.4, 0.5) is 4.79 Å². The van der Waals surface area contributed by atoms with Gasteiger partial charge in [0, 0.05) is 25.2 Å². The number of imide groups is 1. The van der Waals surface area contributed by atoms with E-state index in [1.54, 1.807) is 12.1 Å². The van der Waals surface area contributed by atoms with Crippen molar-refractivity contribution < 1.29 is 14.4 Å². The van der Waals surface area contributed by atoms with Crippen molar-refractivity contribution in [3.8, 4) is 0 Å². The van der Waals surface area contributed by atoms with E-state index in [4.69, 9.17) is 0 Å². The zero-order valence-corrected chi connectivity index (χ0v) is 14.8. The van der Waals surface area contributed by atoms with E-state index < -0.39 is 0 Å². The molecule has 3 fully saturated rings. The molecule has 1 aromatic rings. The van der Waals surface area contributed by atoms with Gasteiger partial charge in [-0.1, -0.05) is 12.1 Å². The van der Waals surface area contributed by atoms with Gasteiger partial charge in [-0.05, 0) is 48.9 Å². The molecule has 0 atom stereocenters. The number of urea groups is 1. The monoisotopic (exact) mass is 356 g/mol. The van der Waals surface area contributed by atoms with Gasteiger partial charge in [-0.15, -0.1) is 0 Å². The quantitative estimate of drug-likeness (QED) is 0.790. The Bertz CT molecular complexity index is 716. The van der Waals surface area contributed by atoms with Crippen LogP contribution in [0.25, 0.3) is 0 Å². The average Bonchev–Trinajstić information content (AvgIpc) is 3.24. The highest BCUT2D eigenvalue weighted by molar-refractivity contribution is 6.02. The fraction of sp³-hybridized carbons (Fsp3) is 0.526. The molecule has 7 nitrogen and oxygen atoms in total. The van der Waals surface area contributed by atoms with Gasteiger partial charge in [0.1, 0.15) is 0 Å². The molecule has 1 spiro atoms. The Morgan fingerprint density at radius 3 is 2.62 bits per heavy atom. The van der Waals surface area contributed by atoms with Crippen molar-refractivity contribution in [1.82, 2.24) is 20.4 Å². The third kappa shape index (κ3) is 3.19. The van der Waals surface area contributed by atoms with E-state index in [2.05, 4.69) is 10.6 Å². The Kier molecular flexibility index (Phi) is 4.40. The van der Waals surface area contributed by atoms with E-state index in [-0.39, 0.29) is 30.9 Å². The van der Waals surface area contributed by atoms with Gasteiger partial charge in [0.15, 0.2) is 0 Å². The van der Waals surface area contributed by atoms with E-state index in [1.165, 1.54) is 11.3 Å². The third-order valence-corrected chi connectivity index (χ3v) is 5.90. The standard InChI is InChI=1S/C19H24N4O3/c24-16-11-21-18(26)23(16)12-14-2-1-3-15(10-14)17(25)22-8-5-19(6-9-22)4-7-20-13-19/h1-3,10,20H,4-9,11-13H2,(H,21,26). The second-order valence-electron chi connectivity index (χ2n) is 7.56. The molecule has 7 heteroatoms. The second-order valence-corrected chi connectivity index (χ2v) is 7.56. The van der Waals surface area contributed by atoms with Crippen LogP contribution in [0.5, 0.6) is 0 Å². The number of nitrogens with one attached hydrogen (secondary N) is 2. The summed E-state index contributed by atoms with van der Waals surface area (Å²) in [6.07, 6.45) is 3.30. The van der Waals surface area contributed by atoms with Gasteiger partial charge >= 0.3 is 6.03 Å².